The van der Waals surface area contributed by atoms with Gasteiger partial charge in [-0.15, -0.1) is 0 Å². The molecule has 0 saturated carbocycles. The Morgan fingerprint density at radius 2 is 2.42 bits per heavy atom. The topological polar surface area (TPSA) is 93.9 Å². The Bertz CT molecular complexity index is 467. The predicted molar refractivity (Wildman–Crippen MR) is 70.8 cm³/mol. The Labute approximate surface area is 111 Å². The molecule has 0 bridgehead atoms. The fourth-order valence-electron chi connectivity index (χ4n) is 2.45. The Hall–Kier alpha value is -1.63. The molecule has 0 unspecified atom stereocenters. The maximum Gasteiger partial charge on any atom is 0.340 e. The van der Waals surface area contributed by atoms with Crippen molar-refractivity contribution in [1.29, 1.82) is 0 Å². The highest BCUT2D eigenvalue weighted by Gasteiger charge is 2.15. The summed E-state index contributed by atoms with van der Waals surface area (Å²) in [6.07, 6.45) is 2.65. The Kier molecular flexibility index (Phi) is 4.73. The number of carbonyl (C=O) groups excluding carboxylic acids is 1. The first-order chi connectivity index (χ1) is 9.13. The molecular weight excluding hydrogens is 246 g/mol. The molecule has 0 aromatic carbocycles. The summed E-state index contributed by atoms with van der Waals surface area (Å²) in [6.45, 7) is 6.02. The van der Waals surface area contributed by atoms with Gasteiger partial charge in [-0.1, -0.05) is 6.92 Å². The summed E-state index contributed by atoms with van der Waals surface area (Å²) in [5.41, 5.74) is -0.384. The molecule has 1 aromatic rings. The molecule has 2 rings (SSSR count). The first kappa shape index (κ1) is 13.8. The molecule has 1 aliphatic rings. The number of H-pyrrole nitrogens is 2. The summed E-state index contributed by atoms with van der Waals surface area (Å²) >= 11 is 0. The lowest BCUT2D eigenvalue weighted by Crippen LogP contribution is -2.40. The van der Waals surface area contributed by atoms with Crippen molar-refractivity contribution in [2.45, 2.75) is 26.2 Å². The van der Waals surface area contributed by atoms with Crippen molar-refractivity contribution < 1.29 is 4.79 Å². The van der Waals surface area contributed by atoms with Gasteiger partial charge in [0, 0.05) is 19.6 Å². The van der Waals surface area contributed by atoms with Crippen LogP contribution in [0.3, 0.4) is 0 Å². The van der Waals surface area contributed by atoms with Crippen molar-refractivity contribution in [3.05, 3.63) is 16.3 Å². The molecule has 0 radical (unpaired) electrons. The molecule has 0 spiro atoms. The average Bonchev–Trinajstić information content (AvgIpc) is 2.75. The Morgan fingerprint density at radius 1 is 1.58 bits per heavy atom. The van der Waals surface area contributed by atoms with Crippen molar-refractivity contribution >= 4 is 5.91 Å². The van der Waals surface area contributed by atoms with E-state index in [2.05, 4.69) is 32.3 Å². The first-order valence-corrected chi connectivity index (χ1v) is 6.76. The summed E-state index contributed by atoms with van der Waals surface area (Å²) in [5.74, 6) is 1.00. The van der Waals surface area contributed by atoms with E-state index in [1.165, 1.54) is 12.8 Å². The van der Waals surface area contributed by atoms with E-state index in [-0.39, 0.29) is 18.0 Å². The normalized spacial score (nSPS) is 20.4. The number of hydrogen-bond donors (Lipinski definition) is 3. The van der Waals surface area contributed by atoms with Crippen molar-refractivity contribution in [2.75, 3.05) is 26.2 Å². The summed E-state index contributed by atoms with van der Waals surface area (Å²) in [5, 5.41) is 8.78. The molecule has 1 aromatic heterocycles. The molecule has 1 saturated heterocycles. The second kappa shape index (κ2) is 6.51. The number of carbonyl (C=O) groups is 1. The maximum absolute atomic E-state index is 11.6. The molecule has 3 N–H and O–H groups in total. The summed E-state index contributed by atoms with van der Waals surface area (Å²) in [7, 11) is 0. The summed E-state index contributed by atoms with van der Waals surface area (Å²) in [6, 6.07) is 0. The van der Waals surface area contributed by atoms with Crippen LogP contribution < -0.4 is 11.0 Å². The second-order valence-electron chi connectivity index (χ2n) is 5.20. The third-order valence-corrected chi connectivity index (χ3v) is 3.37. The molecule has 7 nitrogen and oxygen atoms in total. The standard InChI is InChI=1S/C12H21N5O2/c1-9-3-2-5-17(8-9)6-4-13-11(18)7-10-14-12(19)16-15-10/h9H,2-8H2,1H3,(H,13,18)(H2,14,15,16,19)/t9-/m1/s1. The van der Waals surface area contributed by atoms with Crippen LogP contribution in [0.4, 0.5) is 0 Å². The second-order valence-corrected chi connectivity index (χ2v) is 5.20. The fraction of sp³-hybridized carbons (Fsp3) is 0.750. The lowest BCUT2D eigenvalue weighted by molar-refractivity contribution is -0.120. The van der Waals surface area contributed by atoms with E-state index in [1.807, 2.05) is 0 Å². The van der Waals surface area contributed by atoms with E-state index in [4.69, 9.17) is 0 Å². The van der Waals surface area contributed by atoms with E-state index in [0.717, 1.165) is 25.6 Å². The van der Waals surface area contributed by atoms with Crippen LogP contribution in [0.25, 0.3) is 0 Å². The van der Waals surface area contributed by atoms with E-state index in [0.29, 0.717) is 12.4 Å². The van der Waals surface area contributed by atoms with Gasteiger partial charge in [0.05, 0.1) is 6.42 Å². The molecule has 1 aliphatic heterocycles. The van der Waals surface area contributed by atoms with Gasteiger partial charge in [-0.05, 0) is 25.3 Å². The minimum Gasteiger partial charge on any atom is -0.354 e. The van der Waals surface area contributed by atoms with Crippen LogP contribution in [-0.4, -0.2) is 52.2 Å². The van der Waals surface area contributed by atoms with Crippen LogP contribution in [0.2, 0.25) is 0 Å². The predicted octanol–water partition coefficient (Wildman–Crippen LogP) is -0.511. The number of aromatic nitrogens is 3. The fourth-order valence-corrected chi connectivity index (χ4v) is 2.45. The smallest absolute Gasteiger partial charge is 0.340 e. The summed E-state index contributed by atoms with van der Waals surface area (Å²) in [4.78, 5) is 27.3. The largest absolute Gasteiger partial charge is 0.354 e. The zero-order valence-electron chi connectivity index (χ0n) is 11.2. The van der Waals surface area contributed by atoms with Crippen LogP contribution in [-0.2, 0) is 11.2 Å². The molecule has 106 valence electrons. The number of nitrogens with zero attached hydrogens (tertiary/aromatic N) is 2. The zero-order valence-corrected chi connectivity index (χ0v) is 11.2. The highest BCUT2D eigenvalue weighted by molar-refractivity contribution is 5.77. The number of amides is 1. The SMILES string of the molecule is C[C@@H]1CCCN(CCNC(=O)Cc2n[nH]c(=O)[nH]2)C1. The molecular formula is C12H21N5O2. The lowest BCUT2D eigenvalue weighted by Gasteiger charge is -2.30. The maximum atomic E-state index is 11.6. The molecule has 19 heavy (non-hydrogen) atoms. The van der Waals surface area contributed by atoms with E-state index in [1.54, 1.807) is 0 Å². The molecule has 1 atom stereocenters. The number of hydrogen-bond acceptors (Lipinski definition) is 4. The molecule has 2 heterocycles. The van der Waals surface area contributed by atoms with Gasteiger partial charge in [-0.25, -0.2) is 9.89 Å². The third kappa shape index (κ3) is 4.51. The van der Waals surface area contributed by atoms with Crippen LogP contribution in [0.5, 0.6) is 0 Å². The van der Waals surface area contributed by atoms with Gasteiger partial charge >= 0.3 is 5.69 Å². The average molecular weight is 267 g/mol. The lowest BCUT2D eigenvalue weighted by atomic mass is 10.0. The Morgan fingerprint density at radius 3 is 3.11 bits per heavy atom. The minimum atomic E-state index is -0.384. The van der Waals surface area contributed by atoms with E-state index < -0.39 is 0 Å². The van der Waals surface area contributed by atoms with E-state index >= 15 is 0 Å². The molecule has 1 amide bonds. The van der Waals surface area contributed by atoms with Crippen molar-refractivity contribution in [2.24, 2.45) is 5.92 Å². The van der Waals surface area contributed by atoms with Gasteiger partial charge in [0.15, 0.2) is 0 Å². The first-order valence-electron chi connectivity index (χ1n) is 6.76. The number of rotatable bonds is 5. The van der Waals surface area contributed by atoms with Gasteiger partial charge < -0.3 is 10.2 Å². The number of nitrogens with one attached hydrogen (secondary N) is 3. The molecule has 7 heteroatoms. The van der Waals surface area contributed by atoms with Crippen molar-refractivity contribution in [3.63, 3.8) is 0 Å². The van der Waals surface area contributed by atoms with Crippen LogP contribution in [0, 0.1) is 5.92 Å². The number of aromatic amines is 2. The summed E-state index contributed by atoms with van der Waals surface area (Å²) < 4.78 is 0. The highest BCUT2D eigenvalue weighted by atomic mass is 16.2. The van der Waals surface area contributed by atoms with Gasteiger partial charge in [0.2, 0.25) is 5.91 Å². The van der Waals surface area contributed by atoms with Crippen LogP contribution >= 0.6 is 0 Å². The van der Waals surface area contributed by atoms with E-state index in [9.17, 15) is 9.59 Å². The quantitative estimate of drug-likeness (QED) is 0.669. The molecule has 0 aliphatic carbocycles. The van der Waals surface area contributed by atoms with Crippen LogP contribution in [0.15, 0.2) is 4.79 Å². The van der Waals surface area contributed by atoms with Gasteiger partial charge in [0.25, 0.3) is 0 Å². The van der Waals surface area contributed by atoms with Crippen molar-refractivity contribution in [3.8, 4) is 0 Å². The van der Waals surface area contributed by atoms with Gasteiger partial charge in [-0.3, -0.25) is 9.78 Å². The number of likely N-dealkylation sites (tertiary alicyclic amines) is 1. The van der Waals surface area contributed by atoms with Gasteiger partial charge in [-0.2, -0.15) is 5.10 Å². The third-order valence-electron chi connectivity index (χ3n) is 3.37. The van der Waals surface area contributed by atoms with Crippen LogP contribution in [0.1, 0.15) is 25.6 Å². The minimum absolute atomic E-state index is 0.106. The monoisotopic (exact) mass is 267 g/mol. The number of piperidine rings is 1. The Balaban J connectivity index is 1.65. The highest BCUT2D eigenvalue weighted by Crippen LogP contribution is 2.14. The van der Waals surface area contributed by atoms with Crippen molar-refractivity contribution in [1.82, 2.24) is 25.4 Å². The molecule has 1 fully saturated rings. The zero-order chi connectivity index (χ0) is 13.7. The van der Waals surface area contributed by atoms with Gasteiger partial charge in [0.1, 0.15) is 5.82 Å².